The van der Waals surface area contributed by atoms with Gasteiger partial charge in [-0.15, -0.1) is 0 Å². The second-order valence-corrected chi connectivity index (χ2v) is 6.00. The van der Waals surface area contributed by atoms with Gasteiger partial charge in [-0.3, -0.25) is 4.79 Å². The average Bonchev–Trinajstić information content (AvgIpc) is 2.50. The maximum atomic E-state index is 11.4. The molecule has 3 nitrogen and oxygen atoms in total. The third-order valence-electron chi connectivity index (χ3n) is 3.91. The number of carbonyl (C=O) groups excluding carboxylic acids is 1. The molecular formula is C18H36O3. The van der Waals surface area contributed by atoms with Crippen LogP contribution in [-0.4, -0.2) is 23.8 Å². The zero-order chi connectivity index (χ0) is 15.8. The van der Waals surface area contributed by atoms with Crippen molar-refractivity contribution in [3.8, 4) is 0 Å². The van der Waals surface area contributed by atoms with E-state index in [9.17, 15) is 9.90 Å². The van der Waals surface area contributed by atoms with E-state index in [1.54, 1.807) is 0 Å². The molecule has 0 amide bonds. The van der Waals surface area contributed by atoms with Crippen molar-refractivity contribution in [2.45, 2.75) is 103 Å². The molecule has 0 bridgehead atoms. The number of aliphatic hydroxyl groups is 1. The first kappa shape index (κ1) is 20.4. The monoisotopic (exact) mass is 300 g/mol. The van der Waals surface area contributed by atoms with Crippen molar-refractivity contribution in [1.29, 1.82) is 0 Å². The van der Waals surface area contributed by atoms with E-state index >= 15 is 0 Å². The maximum absolute atomic E-state index is 11.4. The molecule has 0 saturated heterocycles. The summed E-state index contributed by atoms with van der Waals surface area (Å²) in [5.41, 5.74) is 0. The minimum absolute atomic E-state index is 0.168. The summed E-state index contributed by atoms with van der Waals surface area (Å²) in [4.78, 5) is 11.4. The third-order valence-corrected chi connectivity index (χ3v) is 3.91. The van der Waals surface area contributed by atoms with Gasteiger partial charge in [0.25, 0.3) is 0 Å². The first-order chi connectivity index (χ1) is 10.2. The highest BCUT2D eigenvalue weighted by Crippen LogP contribution is 2.10. The second-order valence-electron chi connectivity index (χ2n) is 6.00. The fourth-order valence-corrected chi connectivity index (χ4v) is 2.34. The number of unbranched alkanes of at least 4 members (excludes halogenated alkanes) is 9. The lowest BCUT2D eigenvalue weighted by Crippen LogP contribution is -2.11. The number of aliphatic hydroxyl groups excluding tert-OH is 1. The first-order valence-corrected chi connectivity index (χ1v) is 9.04. The molecule has 0 aliphatic rings. The molecule has 0 aromatic rings. The predicted octanol–water partition coefficient (Wildman–Crippen LogP) is 5.00. The standard InChI is InChI=1S/C18H36O3/c1-3-5-6-7-8-9-10-11-12-13-16-21-18(20)15-14-17(19)4-2/h17,19H,3-16H2,1-2H3. The minimum Gasteiger partial charge on any atom is -0.466 e. The molecule has 0 aromatic carbocycles. The van der Waals surface area contributed by atoms with Crippen molar-refractivity contribution in [2.75, 3.05) is 6.61 Å². The SMILES string of the molecule is CCCCCCCCCCCCOC(=O)CCC(O)CC. The van der Waals surface area contributed by atoms with Crippen molar-refractivity contribution in [1.82, 2.24) is 0 Å². The lowest BCUT2D eigenvalue weighted by atomic mass is 10.1. The molecule has 1 atom stereocenters. The van der Waals surface area contributed by atoms with Gasteiger partial charge >= 0.3 is 5.97 Å². The molecule has 1 N–H and O–H groups in total. The van der Waals surface area contributed by atoms with E-state index in [1.807, 2.05) is 6.92 Å². The Bertz CT molecular complexity index is 229. The quantitative estimate of drug-likeness (QED) is 0.342. The second kappa shape index (κ2) is 15.8. The smallest absolute Gasteiger partial charge is 0.305 e. The molecule has 1 unspecified atom stereocenters. The molecule has 0 saturated carbocycles. The largest absolute Gasteiger partial charge is 0.466 e. The Kier molecular flexibility index (Phi) is 15.4. The number of carbonyl (C=O) groups is 1. The zero-order valence-electron chi connectivity index (χ0n) is 14.2. The summed E-state index contributed by atoms with van der Waals surface area (Å²) in [6, 6.07) is 0. The van der Waals surface area contributed by atoms with Crippen LogP contribution in [0.2, 0.25) is 0 Å². The highest BCUT2D eigenvalue weighted by molar-refractivity contribution is 5.69. The topological polar surface area (TPSA) is 46.5 Å². The van der Waals surface area contributed by atoms with Crippen molar-refractivity contribution < 1.29 is 14.6 Å². The molecular weight excluding hydrogens is 264 g/mol. The molecule has 0 rings (SSSR count). The number of rotatable bonds is 15. The Morgan fingerprint density at radius 1 is 0.905 bits per heavy atom. The summed E-state index contributed by atoms with van der Waals surface area (Å²) >= 11 is 0. The van der Waals surface area contributed by atoms with Crippen LogP contribution in [0.5, 0.6) is 0 Å². The Labute approximate surface area is 131 Å². The molecule has 3 heteroatoms. The van der Waals surface area contributed by atoms with Crippen LogP contribution in [-0.2, 0) is 9.53 Å². The molecule has 126 valence electrons. The van der Waals surface area contributed by atoms with Gasteiger partial charge in [0.05, 0.1) is 12.7 Å². The lowest BCUT2D eigenvalue weighted by molar-refractivity contribution is -0.144. The molecule has 0 heterocycles. The molecule has 0 aliphatic carbocycles. The Balaban J connectivity index is 3.16. The fraction of sp³-hybridized carbons (Fsp3) is 0.944. The maximum Gasteiger partial charge on any atom is 0.305 e. The highest BCUT2D eigenvalue weighted by atomic mass is 16.5. The van der Waals surface area contributed by atoms with Crippen LogP contribution in [0, 0.1) is 0 Å². The fourth-order valence-electron chi connectivity index (χ4n) is 2.34. The summed E-state index contributed by atoms with van der Waals surface area (Å²) in [7, 11) is 0. The summed E-state index contributed by atoms with van der Waals surface area (Å²) in [6.45, 7) is 4.70. The lowest BCUT2D eigenvalue weighted by Gasteiger charge is -2.07. The van der Waals surface area contributed by atoms with Crippen LogP contribution < -0.4 is 0 Å². The van der Waals surface area contributed by atoms with E-state index in [-0.39, 0.29) is 12.1 Å². The number of ether oxygens (including phenoxy) is 1. The number of hydrogen-bond donors (Lipinski definition) is 1. The van der Waals surface area contributed by atoms with Gasteiger partial charge in [-0.2, -0.15) is 0 Å². The normalized spacial score (nSPS) is 12.3. The molecule has 0 aromatic heterocycles. The molecule has 0 fully saturated rings. The van der Waals surface area contributed by atoms with Gasteiger partial charge in [0.2, 0.25) is 0 Å². The Hall–Kier alpha value is -0.570. The van der Waals surface area contributed by atoms with Gasteiger partial charge < -0.3 is 9.84 Å². The Morgan fingerprint density at radius 2 is 1.43 bits per heavy atom. The number of esters is 1. The van der Waals surface area contributed by atoms with Crippen molar-refractivity contribution in [2.24, 2.45) is 0 Å². The van der Waals surface area contributed by atoms with Gasteiger partial charge in [0, 0.05) is 6.42 Å². The van der Waals surface area contributed by atoms with E-state index in [0.29, 0.717) is 25.9 Å². The highest BCUT2D eigenvalue weighted by Gasteiger charge is 2.07. The van der Waals surface area contributed by atoms with E-state index in [4.69, 9.17) is 4.74 Å². The van der Waals surface area contributed by atoms with Crippen LogP contribution >= 0.6 is 0 Å². The average molecular weight is 300 g/mol. The summed E-state index contributed by atoms with van der Waals surface area (Å²) in [5.74, 6) is -0.168. The van der Waals surface area contributed by atoms with Gasteiger partial charge in [-0.1, -0.05) is 71.6 Å². The van der Waals surface area contributed by atoms with Gasteiger partial charge in [0.15, 0.2) is 0 Å². The van der Waals surface area contributed by atoms with Crippen LogP contribution in [0.4, 0.5) is 0 Å². The van der Waals surface area contributed by atoms with Crippen LogP contribution in [0.25, 0.3) is 0 Å². The zero-order valence-corrected chi connectivity index (χ0v) is 14.2. The van der Waals surface area contributed by atoms with Crippen LogP contribution in [0.15, 0.2) is 0 Å². The van der Waals surface area contributed by atoms with Gasteiger partial charge in [-0.25, -0.2) is 0 Å². The minimum atomic E-state index is -0.366. The van der Waals surface area contributed by atoms with Crippen LogP contribution in [0.1, 0.15) is 97.3 Å². The molecule has 0 aliphatic heterocycles. The summed E-state index contributed by atoms with van der Waals surface area (Å²) in [6.07, 6.45) is 14.1. The van der Waals surface area contributed by atoms with E-state index in [2.05, 4.69) is 6.92 Å². The Morgan fingerprint density at radius 3 is 1.95 bits per heavy atom. The van der Waals surface area contributed by atoms with Crippen molar-refractivity contribution >= 4 is 5.97 Å². The first-order valence-electron chi connectivity index (χ1n) is 9.04. The van der Waals surface area contributed by atoms with E-state index in [0.717, 1.165) is 12.8 Å². The van der Waals surface area contributed by atoms with E-state index in [1.165, 1.54) is 51.4 Å². The third kappa shape index (κ3) is 15.6. The molecule has 0 spiro atoms. The van der Waals surface area contributed by atoms with Gasteiger partial charge in [-0.05, 0) is 19.3 Å². The van der Waals surface area contributed by atoms with Crippen LogP contribution in [0.3, 0.4) is 0 Å². The summed E-state index contributed by atoms with van der Waals surface area (Å²) in [5, 5.41) is 9.36. The van der Waals surface area contributed by atoms with Crippen molar-refractivity contribution in [3.63, 3.8) is 0 Å². The van der Waals surface area contributed by atoms with Crippen molar-refractivity contribution in [3.05, 3.63) is 0 Å². The van der Waals surface area contributed by atoms with Gasteiger partial charge in [0.1, 0.15) is 0 Å². The predicted molar refractivity (Wildman–Crippen MR) is 88.3 cm³/mol. The van der Waals surface area contributed by atoms with E-state index < -0.39 is 0 Å². The molecule has 21 heavy (non-hydrogen) atoms. The number of hydrogen-bond acceptors (Lipinski definition) is 3. The molecule has 0 radical (unpaired) electrons. The summed E-state index contributed by atoms with van der Waals surface area (Å²) < 4.78 is 5.16.